The third-order valence-corrected chi connectivity index (χ3v) is 3.04. The van der Waals surface area contributed by atoms with Gasteiger partial charge >= 0.3 is 5.69 Å². The molecule has 0 bridgehead atoms. The van der Waals surface area contributed by atoms with Gasteiger partial charge in [-0.3, -0.25) is 10.1 Å². The number of hydrogen-bond donors (Lipinski definition) is 1. The summed E-state index contributed by atoms with van der Waals surface area (Å²) in [6.45, 7) is 1.66. The molecule has 0 aliphatic heterocycles. The van der Waals surface area contributed by atoms with Crippen LogP contribution in [0.4, 0.5) is 10.1 Å². The molecule has 0 amide bonds. The number of halogens is 2. The number of ether oxygens (including phenoxy) is 1. The molecule has 2 aromatic carbocycles. The molecule has 0 aromatic heterocycles. The molecule has 5 nitrogen and oxygen atoms in total. The van der Waals surface area contributed by atoms with Gasteiger partial charge in [0.1, 0.15) is 11.6 Å². The molecule has 0 spiro atoms. The van der Waals surface area contributed by atoms with Gasteiger partial charge in [-0.2, -0.15) is 0 Å². The summed E-state index contributed by atoms with van der Waals surface area (Å²) >= 11 is 5.83. The topological polar surface area (TPSA) is 78.4 Å². The Bertz CT molecular complexity index is 692. The van der Waals surface area contributed by atoms with Gasteiger partial charge in [0.15, 0.2) is 0 Å². The van der Waals surface area contributed by atoms with Gasteiger partial charge in [0.2, 0.25) is 5.75 Å². The number of nitrogens with zero attached hydrogens (tertiary/aromatic N) is 1. The molecule has 0 aliphatic carbocycles. The predicted molar refractivity (Wildman–Crippen MR) is 77.2 cm³/mol. The Kier molecular flexibility index (Phi) is 4.40. The van der Waals surface area contributed by atoms with Crippen LogP contribution in [0.3, 0.4) is 0 Å². The summed E-state index contributed by atoms with van der Waals surface area (Å²) < 4.78 is 18.8. The molecular weight excluding hydrogens is 299 g/mol. The first-order chi connectivity index (χ1) is 9.88. The zero-order valence-electron chi connectivity index (χ0n) is 11.0. The van der Waals surface area contributed by atoms with E-state index in [2.05, 4.69) is 0 Å². The van der Waals surface area contributed by atoms with E-state index in [-0.39, 0.29) is 17.2 Å². The van der Waals surface area contributed by atoms with Crippen molar-refractivity contribution in [2.75, 3.05) is 0 Å². The van der Waals surface area contributed by atoms with E-state index < -0.39 is 16.8 Å². The fourth-order valence-corrected chi connectivity index (χ4v) is 1.97. The Balaban J connectivity index is 2.47. The smallest absolute Gasteiger partial charge is 0.311 e. The Labute approximate surface area is 125 Å². The first-order valence-electron chi connectivity index (χ1n) is 6.05. The van der Waals surface area contributed by atoms with Gasteiger partial charge in [-0.15, -0.1) is 0 Å². The van der Waals surface area contributed by atoms with Crippen molar-refractivity contribution in [1.82, 2.24) is 0 Å². The van der Waals surface area contributed by atoms with E-state index in [1.807, 2.05) is 0 Å². The van der Waals surface area contributed by atoms with Gasteiger partial charge in [-0.25, -0.2) is 4.39 Å². The van der Waals surface area contributed by atoms with Crippen LogP contribution in [0.2, 0.25) is 5.02 Å². The molecule has 0 fully saturated rings. The van der Waals surface area contributed by atoms with Crippen molar-refractivity contribution < 1.29 is 14.1 Å². The van der Waals surface area contributed by atoms with E-state index in [9.17, 15) is 14.5 Å². The molecular formula is C14H12ClFN2O3. The minimum absolute atomic E-state index is 0.0268. The maximum Gasteiger partial charge on any atom is 0.311 e. The number of rotatable bonds is 4. The Morgan fingerprint density at radius 2 is 2.00 bits per heavy atom. The Morgan fingerprint density at radius 1 is 1.29 bits per heavy atom. The molecule has 2 N–H and O–H groups in total. The minimum atomic E-state index is -0.583. The highest BCUT2D eigenvalue weighted by molar-refractivity contribution is 6.30. The highest BCUT2D eigenvalue weighted by Crippen LogP contribution is 2.36. The van der Waals surface area contributed by atoms with Crippen LogP contribution in [-0.2, 0) is 0 Å². The second-order valence-electron chi connectivity index (χ2n) is 4.44. The lowest BCUT2D eigenvalue weighted by Gasteiger charge is -2.14. The van der Waals surface area contributed by atoms with Crippen LogP contribution in [0.5, 0.6) is 11.5 Å². The van der Waals surface area contributed by atoms with Gasteiger partial charge in [0.05, 0.1) is 4.92 Å². The fourth-order valence-electron chi connectivity index (χ4n) is 1.81. The molecule has 7 heteroatoms. The van der Waals surface area contributed by atoms with Gasteiger partial charge in [0.25, 0.3) is 0 Å². The summed E-state index contributed by atoms with van der Waals surface area (Å²) in [5, 5.41) is 11.3. The highest BCUT2D eigenvalue weighted by Gasteiger charge is 2.18. The number of nitro groups is 1. The lowest BCUT2D eigenvalue weighted by Crippen LogP contribution is -2.07. The maximum atomic E-state index is 13.3. The first-order valence-corrected chi connectivity index (χ1v) is 6.43. The summed E-state index contributed by atoms with van der Waals surface area (Å²) in [4.78, 5) is 10.4. The standard InChI is InChI=1S/C14H12ClFN2O3/c1-8(17)11-7-10(16)3-5-13(11)21-14-6-9(15)2-4-12(14)18(19)20/h2-8H,17H2,1H3/t8-/m1/s1. The van der Waals surface area contributed by atoms with E-state index >= 15 is 0 Å². The van der Waals surface area contributed by atoms with Crippen molar-refractivity contribution in [2.45, 2.75) is 13.0 Å². The number of hydrogen-bond acceptors (Lipinski definition) is 4. The Hall–Kier alpha value is -2.18. The van der Waals surface area contributed by atoms with Crippen molar-refractivity contribution in [2.24, 2.45) is 5.73 Å². The summed E-state index contributed by atoms with van der Waals surface area (Å²) in [5.74, 6) is -0.243. The van der Waals surface area contributed by atoms with Crippen LogP contribution < -0.4 is 10.5 Å². The second kappa shape index (κ2) is 6.07. The molecule has 21 heavy (non-hydrogen) atoms. The normalized spacial score (nSPS) is 12.0. The predicted octanol–water partition coefficient (Wildman–Crippen LogP) is 4.20. The molecule has 2 rings (SSSR count). The lowest BCUT2D eigenvalue weighted by molar-refractivity contribution is -0.385. The van der Waals surface area contributed by atoms with Crippen LogP contribution in [0, 0.1) is 15.9 Å². The third kappa shape index (κ3) is 3.48. The highest BCUT2D eigenvalue weighted by atomic mass is 35.5. The average Bonchev–Trinajstić information content (AvgIpc) is 2.40. The molecule has 0 heterocycles. The minimum Gasteiger partial charge on any atom is -0.450 e. The van der Waals surface area contributed by atoms with E-state index in [1.54, 1.807) is 6.92 Å². The van der Waals surface area contributed by atoms with E-state index in [0.29, 0.717) is 10.6 Å². The molecule has 110 valence electrons. The first kappa shape index (κ1) is 15.2. The molecule has 0 radical (unpaired) electrons. The molecule has 0 unspecified atom stereocenters. The van der Waals surface area contributed by atoms with Crippen LogP contribution in [0.1, 0.15) is 18.5 Å². The van der Waals surface area contributed by atoms with Crippen LogP contribution in [0.25, 0.3) is 0 Å². The maximum absolute atomic E-state index is 13.3. The summed E-state index contributed by atoms with van der Waals surface area (Å²) in [6, 6.07) is 7.27. The van der Waals surface area contributed by atoms with Gasteiger partial charge in [-0.05, 0) is 31.2 Å². The number of benzene rings is 2. The van der Waals surface area contributed by atoms with E-state index in [0.717, 1.165) is 0 Å². The molecule has 1 atom stereocenters. The monoisotopic (exact) mass is 310 g/mol. The second-order valence-corrected chi connectivity index (χ2v) is 4.88. The van der Waals surface area contributed by atoms with Crippen molar-refractivity contribution in [3.63, 3.8) is 0 Å². The third-order valence-electron chi connectivity index (χ3n) is 2.80. The van der Waals surface area contributed by atoms with E-state index in [4.69, 9.17) is 22.1 Å². The average molecular weight is 311 g/mol. The lowest BCUT2D eigenvalue weighted by atomic mass is 10.1. The van der Waals surface area contributed by atoms with Crippen molar-refractivity contribution >= 4 is 17.3 Å². The van der Waals surface area contributed by atoms with Gasteiger partial charge < -0.3 is 10.5 Å². The molecule has 0 saturated heterocycles. The van der Waals surface area contributed by atoms with Crippen molar-refractivity contribution in [3.8, 4) is 11.5 Å². The van der Waals surface area contributed by atoms with Crippen molar-refractivity contribution in [3.05, 3.63) is 62.9 Å². The largest absolute Gasteiger partial charge is 0.450 e. The van der Waals surface area contributed by atoms with Crippen LogP contribution >= 0.6 is 11.6 Å². The summed E-state index contributed by atoms with van der Waals surface area (Å²) in [7, 11) is 0. The molecule has 0 saturated carbocycles. The number of nitro benzene ring substituents is 1. The zero-order valence-corrected chi connectivity index (χ0v) is 11.8. The Morgan fingerprint density at radius 3 is 2.62 bits per heavy atom. The number of nitrogens with two attached hydrogens (primary N) is 1. The molecule has 0 aliphatic rings. The SMILES string of the molecule is C[C@@H](N)c1cc(F)ccc1Oc1cc(Cl)ccc1[N+](=O)[O-]. The molecule has 2 aromatic rings. The van der Waals surface area contributed by atoms with Gasteiger partial charge in [0, 0.05) is 28.8 Å². The van der Waals surface area contributed by atoms with Crippen molar-refractivity contribution in [1.29, 1.82) is 0 Å². The zero-order chi connectivity index (χ0) is 15.6. The summed E-state index contributed by atoms with van der Waals surface area (Å²) in [5.41, 5.74) is 5.93. The van der Waals surface area contributed by atoms with Crippen LogP contribution in [0.15, 0.2) is 36.4 Å². The van der Waals surface area contributed by atoms with Gasteiger partial charge in [-0.1, -0.05) is 11.6 Å². The quantitative estimate of drug-likeness (QED) is 0.678. The summed E-state index contributed by atoms with van der Waals surface area (Å²) in [6.07, 6.45) is 0. The van der Waals surface area contributed by atoms with Crippen LogP contribution in [-0.4, -0.2) is 4.92 Å². The fraction of sp³-hybridized carbons (Fsp3) is 0.143. The van der Waals surface area contributed by atoms with E-state index in [1.165, 1.54) is 36.4 Å².